The average molecular weight is 444 g/mol. The Morgan fingerprint density at radius 2 is 1.73 bits per heavy atom. The molecule has 0 fully saturated rings. The minimum Gasteiger partial charge on any atom is -0.497 e. The van der Waals surface area contributed by atoms with Crippen molar-refractivity contribution in [3.05, 3.63) is 94.1 Å². The van der Waals surface area contributed by atoms with Crippen molar-refractivity contribution in [2.24, 2.45) is 0 Å². The molecule has 1 heterocycles. The van der Waals surface area contributed by atoms with Crippen LogP contribution in [0.1, 0.15) is 11.1 Å². The van der Waals surface area contributed by atoms with Gasteiger partial charge in [0.1, 0.15) is 11.3 Å². The number of methoxy groups -OCH3 is 1. The van der Waals surface area contributed by atoms with E-state index in [1.807, 2.05) is 43.3 Å². The fourth-order valence-corrected chi connectivity index (χ4v) is 3.46. The molecular weight excluding hydrogens is 420 g/mol. The highest BCUT2D eigenvalue weighted by Gasteiger charge is 2.19. The smallest absolute Gasteiger partial charge is 0.344 e. The molecule has 1 aromatic heterocycles. The molecule has 0 amide bonds. The predicted octanol–water partition coefficient (Wildman–Crippen LogP) is 4.94. The summed E-state index contributed by atoms with van der Waals surface area (Å²) >= 11 is 0. The Balaban J connectivity index is 1.57. The molecule has 6 nitrogen and oxygen atoms in total. The molecule has 0 saturated carbocycles. The lowest BCUT2D eigenvalue weighted by molar-refractivity contribution is -0.145. The van der Waals surface area contributed by atoms with Crippen molar-refractivity contribution in [2.45, 2.75) is 13.3 Å². The van der Waals surface area contributed by atoms with Gasteiger partial charge in [0, 0.05) is 12.0 Å². The highest BCUT2D eigenvalue weighted by molar-refractivity contribution is 5.83. The van der Waals surface area contributed by atoms with Crippen LogP contribution in [0.25, 0.3) is 22.3 Å². The van der Waals surface area contributed by atoms with E-state index in [2.05, 4.69) is 0 Å². The molecule has 0 saturated heterocycles. The number of fused-ring (bicyclic) bond motifs is 1. The molecule has 0 radical (unpaired) electrons. The van der Waals surface area contributed by atoms with Gasteiger partial charge in [0.25, 0.3) is 0 Å². The highest BCUT2D eigenvalue weighted by Crippen LogP contribution is 2.32. The van der Waals surface area contributed by atoms with Crippen LogP contribution in [0.4, 0.5) is 0 Å². The van der Waals surface area contributed by atoms with Gasteiger partial charge in [0.2, 0.25) is 11.2 Å². The van der Waals surface area contributed by atoms with Crippen LogP contribution in [0.3, 0.4) is 0 Å². The van der Waals surface area contributed by atoms with Crippen LogP contribution in [0.5, 0.6) is 11.5 Å². The molecule has 0 aliphatic carbocycles. The van der Waals surface area contributed by atoms with Crippen molar-refractivity contribution in [3.63, 3.8) is 0 Å². The molecule has 0 atom stereocenters. The van der Waals surface area contributed by atoms with E-state index in [4.69, 9.17) is 18.6 Å². The fraction of sp³-hybridized carbons (Fsp3) is 0.185. The number of benzene rings is 3. The molecule has 0 aliphatic heterocycles. The lowest BCUT2D eigenvalue weighted by Gasteiger charge is -2.12. The van der Waals surface area contributed by atoms with E-state index in [0.29, 0.717) is 28.7 Å². The zero-order valence-corrected chi connectivity index (χ0v) is 18.5. The molecule has 0 unspecified atom stereocenters. The first kappa shape index (κ1) is 22.1. The monoisotopic (exact) mass is 444 g/mol. The Hall–Kier alpha value is -4.06. The van der Waals surface area contributed by atoms with Gasteiger partial charge in [-0.3, -0.25) is 4.79 Å². The van der Waals surface area contributed by atoms with Crippen LogP contribution < -0.4 is 14.9 Å². The summed E-state index contributed by atoms with van der Waals surface area (Å²) in [5.74, 6) is 0.326. The first-order chi connectivity index (χ1) is 16.0. The first-order valence-electron chi connectivity index (χ1n) is 10.6. The van der Waals surface area contributed by atoms with Crippen molar-refractivity contribution in [2.75, 3.05) is 20.3 Å². The standard InChI is InChI=1S/C27H24O6/c1-18-8-13-23-22(16-18)25(29)27(26(33-23)20-9-11-21(30-2)12-10-20)32-17-24(28)31-15-14-19-6-4-3-5-7-19/h3-13,16H,14-15,17H2,1-2H3. The maximum atomic E-state index is 13.2. The fourth-order valence-electron chi connectivity index (χ4n) is 3.46. The van der Waals surface area contributed by atoms with Gasteiger partial charge in [-0.1, -0.05) is 42.0 Å². The Labute approximate surface area is 191 Å². The van der Waals surface area contributed by atoms with E-state index in [9.17, 15) is 9.59 Å². The lowest BCUT2D eigenvalue weighted by atomic mass is 10.1. The molecule has 3 aromatic carbocycles. The topological polar surface area (TPSA) is 75.0 Å². The number of ether oxygens (including phenoxy) is 3. The van der Waals surface area contributed by atoms with E-state index < -0.39 is 12.6 Å². The van der Waals surface area contributed by atoms with Crippen LogP contribution in [0, 0.1) is 6.92 Å². The zero-order valence-electron chi connectivity index (χ0n) is 18.5. The Morgan fingerprint density at radius 3 is 2.45 bits per heavy atom. The van der Waals surface area contributed by atoms with Gasteiger partial charge < -0.3 is 18.6 Å². The van der Waals surface area contributed by atoms with Crippen molar-refractivity contribution < 1.29 is 23.4 Å². The summed E-state index contributed by atoms with van der Waals surface area (Å²) in [7, 11) is 1.57. The molecule has 4 aromatic rings. The minimum atomic E-state index is -0.560. The number of hydrogen-bond acceptors (Lipinski definition) is 6. The number of rotatable bonds is 8. The third-order valence-electron chi connectivity index (χ3n) is 5.19. The van der Waals surface area contributed by atoms with Gasteiger partial charge in [-0.2, -0.15) is 0 Å². The zero-order chi connectivity index (χ0) is 23.2. The van der Waals surface area contributed by atoms with E-state index in [0.717, 1.165) is 11.1 Å². The van der Waals surface area contributed by atoms with Crippen LogP contribution >= 0.6 is 0 Å². The molecule has 168 valence electrons. The number of esters is 1. The summed E-state index contributed by atoms with van der Waals surface area (Å²) in [6.45, 7) is 1.71. The second kappa shape index (κ2) is 10.0. The SMILES string of the molecule is COc1ccc(-c2oc3ccc(C)cc3c(=O)c2OCC(=O)OCCc2ccccc2)cc1. The maximum Gasteiger partial charge on any atom is 0.344 e. The van der Waals surface area contributed by atoms with E-state index in [1.54, 1.807) is 43.5 Å². The number of aryl methyl sites for hydroxylation is 1. The summed E-state index contributed by atoms with van der Waals surface area (Å²) in [4.78, 5) is 25.5. The second-order valence-electron chi connectivity index (χ2n) is 7.56. The van der Waals surface area contributed by atoms with Crippen LogP contribution in [-0.4, -0.2) is 26.3 Å². The van der Waals surface area contributed by atoms with Gasteiger partial charge >= 0.3 is 5.97 Å². The summed E-state index contributed by atoms with van der Waals surface area (Å²) in [5, 5.41) is 0.389. The molecule has 0 bridgehead atoms. The van der Waals surface area contributed by atoms with Crippen LogP contribution in [-0.2, 0) is 16.0 Å². The quantitative estimate of drug-likeness (QED) is 0.358. The van der Waals surface area contributed by atoms with Gasteiger partial charge in [-0.15, -0.1) is 0 Å². The van der Waals surface area contributed by atoms with E-state index in [-0.39, 0.29) is 23.5 Å². The molecule has 0 spiro atoms. The predicted molar refractivity (Wildman–Crippen MR) is 126 cm³/mol. The average Bonchev–Trinajstić information content (AvgIpc) is 2.84. The van der Waals surface area contributed by atoms with Crippen LogP contribution in [0.15, 0.2) is 82.0 Å². The van der Waals surface area contributed by atoms with Crippen LogP contribution in [0.2, 0.25) is 0 Å². The van der Waals surface area contributed by atoms with Crippen molar-refractivity contribution in [1.29, 1.82) is 0 Å². The van der Waals surface area contributed by atoms with E-state index >= 15 is 0 Å². The summed E-state index contributed by atoms with van der Waals surface area (Å²) in [5.41, 5.74) is 2.71. The van der Waals surface area contributed by atoms with Crippen molar-refractivity contribution in [1.82, 2.24) is 0 Å². The van der Waals surface area contributed by atoms with Gasteiger partial charge in [0.15, 0.2) is 12.4 Å². The Morgan fingerprint density at radius 1 is 0.970 bits per heavy atom. The van der Waals surface area contributed by atoms with Crippen molar-refractivity contribution in [3.8, 4) is 22.8 Å². The summed E-state index contributed by atoms with van der Waals surface area (Å²) < 4.78 is 22.2. The van der Waals surface area contributed by atoms with Gasteiger partial charge in [0.05, 0.1) is 19.1 Å². The highest BCUT2D eigenvalue weighted by atomic mass is 16.6. The lowest BCUT2D eigenvalue weighted by Crippen LogP contribution is -2.19. The maximum absolute atomic E-state index is 13.2. The van der Waals surface area contributed by atoms with Gasteiger partial charge in [-0.05, 0) is 48.9 Å². The minimum absolute atomic E-state index is 0.0294. The normalized spacial score (nSPS) is 10.7. The largest absolute Gasteiger partial charge is 0.497 e. The second-order valence-corrected chi connectivity index (χ2v) is 7.56. The Kier molecular flexibility index (Phi) is 6.74. The van der Waals surface area contributed by atoms with E-state index in [1.165, 1.54) is 0 Å². The summed E-state index contributed by atoms with van der Waals surface area (Å²) in [6, 6.07) is 22.1. The molecule has 0 N–H and O–H groups in total. The number of carbonyl (C=O) groups excluding carboxylic acids is 1. The molecule has 0 aliphatic rings. The summed E-state index contributed by atoms with van der Waals surface area (Å²) in [6.07, 6.45) is 0.598. The molecule has 6 heteroatoms. The molecule has 33 heavy (non-hydrogen) atoms. The first-order valence-corrected chi connectivity index (χ1v) is 10.6. The Bertz CT molecular complexity index is 1310. The molecule has 4 rings (SSSR count). The van der Waals surface area contributed by atoms with Crippen molar-refractivity contribution >= 4 is 16.9 Å². The number of carbonyl (C=O) groups is 1. The molecular formula is C27H24O6. The third kappa shape index (κ3) is 5.23. The third-order valence-corrected chi connectivity index (χ3v) is 5.19. The number of hydrogen-bond donors (Lipinski definition) is 0. The van der Waals surface area contributed by atoms with Gasteiger partial charge in [-0.25, -0.2) is 4.79 Å².